The molecule has 1 aliphatic heterocycles. The third-order valence-corrected chi connectivity index (χ3v) is 4.29. The SMILES string of the molecule is CN1C(=O)c2c(c3ccccn3c2C(=O)OCc2ccccc2)C1=O. The second-order valence-corrected chi connectivity index (χ2v) is 5.79. The van der Waals surface area contributed by atoms with Crippen molar-refractivity contribution in [3.63, 3.8) is 0 Å². The lowest BCUT2D eigenvalue weighted by molar-refractivity contribution is 0.0459. The van der Waals surface area contributed by atoms with E-state index in [-0.39, 0.29) is 23.4 Å². The van der Waals surface area contributed by atoms with Crippen LogP contribution in [0, 0.1) is 0 Å². The van der Waals surface area contributed by atoms with Gasteiger partial charge in [-0.05, 0) is 17.7 Å². The molecule has 3 heterocycles. The summed E-state index contributed by atoms with van der Waals surface area (Å²) in [5.41, 5.74) is 1.81. The number of aromatic nitrogens is 1. The number of imide groups is 1. The Morgan fingerprint density at radius 1 is 0.960 bits per heavy atom. The molecular formula is C19H14N2O4. The number of hydrogen-bond donors (Lipinski definition) is 0. The van der Waals surface area contributed by atoms with Crippen molar-refractivity contribution in [1.29, 1.82) is 0 Å². The van der Waals surface area contributed by atoms with Crippen molar-refractivity contribution in [3.8, 4) is 0 Å². The third kappa shape index (κ3) is 2.22. The predicted molar refractivity (Wildman–Crippen MR) is 89.4 cm³/mol. The van der Waals surface area contributed by atoms with Crippen LogP contribution in [0.25, 0.3) is 5.52 Å². The quantitative estimate of drug-likeness (QED) is 0.545. The molecule has 6 heteroatoms. The summed E-state index contributed by atoms with van der Waals surface area (Å²) in [6, 6.07) is 14.5. The summed E-state index contributed by atoms with van der Waals surface area (Å²) in [5.74, 6) is -1.54. The lowest BCUT2D eigenvalue weighted by Gasteiger charge is -2.10. The van der Waals surface area contributed by atoms with Gasteiger partial charge in [-0.1, -0.05) is 36.4 Å². The summed E-state index contributed by atoms with van der Waals surface area (Å²) in [5, 5.41) is 0. The number of ether oxygens (including phenoxy) is 1. The van der Waals surface area contributed by atoms with E-state index < -0.39 is 17.8 Å². The summed E-state index contributed by atoms with van der Waals surface area (Å²) in [4.78, 5) is 38.5. The maximum atomic E-state index is 12.7. The van der Waals surface area contributed by atoms with Gasteiger partial charge < -0.3 is 9.14 Å². The van der Waals surface area contributed by atoms with Gasteiger partial charge in [0.25, 0.3) is 11.8 Å². The van der Waals surface area contributed by atoms with Crippen LogP contribution in [-0.2, 0) is 11.3 Å². The van der Waals surface area contributed by atoms with E-state index in [0.717, 1.165) is 10.5 Å². The van der Waals surface area contributed by atoms with Crippen molar-refractivity contribution in [2.75, 3.05) is 7.05 Å². The van der Waals surface area contributed by atoms with Gasteiger partial charge in [-0.15, -0.1) is 0 Å². The first kappa shape index (κ1) is 15.1. The van der Waals surface area contributed by atoms with Gasteiger partial charge in [0.1, 0.15) is 12.3 Å². The van der Waals surface area contributed by atoms with Crippen LogP contribution in [0.15, 0.2) is 54.7 Å². The largest absolute Gasteiger partial charge is 0.456 e. The molecule has 0 atom stereocenters. The Kier molecular flexibility index (Phi) is 3.39. The summed E-state index contributed by atoms with van der Waals surface area (Å²) in [7, 11) is 1.41. The smallest absolute Gasteiger partial charge is 0.356 e. The number of benzene rings is 1. The number of pyridine rings is 1. The highest BCUT2D eigenvalue weighted by Crippen LogP contribution is 2.32. The van der Waals surface area contributed by atoms with E-state index in [1.165, 1.54) is 7.05 Å². The van der Waals surface area contributed by atoms with Crippen molar-refractivity contribution in [1.82, 2.24) is 9.30 Å². The van der Waals surface area contributed by atoms with E-state index in [1.807, 2.05) is 30.3 Å². The van der Waals surface area contributed by atoms with Crippen molar-refractivity contribution >= 4 is 23.3 Å². The highest BCUT2D eigenvalue weighted by Gasteiger charge is 2.41. The number of carbonyl (C=O) groups excluding carboxylic acids is 3. The Morgan fingerprint density at radius 3 is 2.40 bits per heavy atom. The zero-order valence-electron chi connectivity index (χ0n) is 13.4. The third-order valence-electron chi connectivity index (χ3n) is 4.29. The molecular weight excluding hydrogens is 320 g/mol. The number of esters is 1. The van der Waals surface area contributed by atoms with Gasteiger partial charge in [-0.3, -0.25) is 14.5 Å². The normalized spacial score (nSPS) is 13.4. The molecule has 25 heavy (non-hydrogen) atoms. The maximum absolute atomic E-state index is 12.7. The molecule has 1 aromatic carbocycles. The zero-order chi connectivity index (χ0) is 17.6. The molecule has 6 nitrogen and oxygen atoms in total. The van der Waals surface area contributed by atoms with Gasteiger partial charge >= 0.3 is 5.97 Å². The lowest BCUT2D eigenvalue weighted by Crippen LogP contribution is -2.26. The number of nitrogens with zero attached hydrogens (tertiary/aromatic N) is 2. The maximum Gasteiger partial charge on any atom is 0.356 e. The van der Waals surface area contributed by atoms with Crippen molar-refractivity contribution < 1.29 is 19.1 Å². The fraction of sp³-hybridized carbons (Fsp3) is 0.105. The van der Waals surface area contributed by atoms with Gasteiger partial charge in [-0.2, -0.15) is 0 Å². The van der Waals surface area contributed by atoms with Crippen LogP contribution in [0.5, 0.6) is 0 Å². The van der Waals surface area contributed by atoms with Crippen LogP contribution in [0.3, 0.4) is 0 Å². The molecule has 0 aliphatic carbocycles. The van der Waals surface area contributed by atoms with Crippen LogP contribution >= 0.6 is 0 Å². The fourth-order valence-corrected chi connectivity index (χ4v) is 3.05. The monoisotopic (exact) mass is 334 g/mol. The highest BCUT2D eigenvalue weighted by molar-refractivity contribution is 6.27. The van der Waals surface area contributed by atoms with E-state index in [2.05, 4.69) is 0 Å². The minimum atomic E-state index is -0.636. The highest BCUT2D eigenvalue weighted by atomic mass is 16.5. The standard InChI is InChI=1S/C19H14N2O4/c1-20-17(22)14-13-9-5-6-10-21(13)16(15(14)18(20)23)19(24)25-11-12-7-3-2-4-8-12/h2-10H,11H2,1H3. The molecule has 0 spiro atoms. The van der Waals surface area contributed by atoms with Gasteiger partial charge in [0.2, 0.25) is 0 Å². The van der Waals surface area contributed by atoms with Gasteiger partial charge in [0.15, 0.2) is 0 Å². The van der Waals surface area contributed by atoms with E-state index in [4.69, 9.17) is 4.74 Å². The number of fused-ring (bicyclic) bond motifs is 3. The molecule has 0 fully saturated rings. The van der Waals surface area contributed by atoms with Gasteiger partial charge in [0, 0.05) is 13.2 Å². The van der Waals surface area contributed by atoms with Crippen LogP contribution in [-0.4, -0.2) is 34.1 Å². The van der Waals surface area contributed by atoms with E-state index in [9.17, 15) is 14.4 Å². The predicted octanol–water partition coefficient (Wildman–Crippen LogP) is 2.52. The molecule has 2 aromatic heterocycles. The minimum absolute atomic E-state index is 0.0873. The van der Waals surface area contributed by atoms with Crippen LogP contribution in [0.2, 0.25) is 0 Å². The average Bonchev–Trinajstić information content (AvgIpc) is 3.10. The lowest BCUT2D eigenvalue weighted by atomic mass is 10.1. The second-order valence-electron chi connectivity index (χ2n) is 5.79. The summed E-state index contributed by atoms with van der Waals surface area (Å²) in [6.07, 6.45) is 1.65. The number of hydrogen-bond acceptors (Lipinski definition) is 4. The molecule has 0 saturated carbocycles. The van der Waals surface area contributed by atoms with Crippen LogP contribution < -0.4 is 0 Å². The van der Waals surface area contributed by atoms with Gasteiger partial charge in [0.05, 0.1) is 16.6 Å². The van der Waals surface area contributed by atoms with Crippen molar-refractivity contribution in [2.24, 2.45) is 0 Å². The number of amides is 2. The first-order chi connectivity index (χ1) is 12.1. The minimum Gasteiger partial charge on any atom is -0.456 e. The molecule has 1 aliphatic rings. The fourth-order valence-electron chi connectivity index (χ4n) is 3.05. The molecule has 3 aromatic rings. The summed E-state index contributed by atoms with van der Waals surface area (Å²) >= 11 is 0. The first-order valence-electron chi connectivity index (χ1n) is 7.76. The second kappa shape index (κ2) is 5.59. The topological polar surface area (TPSA) is 68.1 Å². The summed E-state index contributed by atoms with van der Waals surface area (Å²) in [6.45, 7) is 0.0898. The van der Waals surface area contributed by atoms with Crippen LogP contribution in [0.1, 0.15) is 36.8 Å². The molecule has 2 amide bonds. The zero-order valence-corrected chi connectivity index (χ0v) is 13.4. The van der Waals surface area contributed by atoms with Crippen molar-refractivity contribution in [3.05, 3.63) is 77.1 Å². The van der Waals surface area contributed by atoms with E-state index in [1.54, 1.807) is 28.8 Å². The number of carbonyl (C=O) groups is 3. The molecule has 0 unspecified atom stereocenters. The van der Waals surface area contributed by atoms with Crippen molar-refractivity contribution in [2.45, 2.75) is 6.61 Å². The Balaban J connectivity index is 1.79. The molecule has 0 N–H and O–H groups in total. The average molecular weight is 334 g/mol. The van der Waals surface area contributed by atoms with E-state index in [0.29, 0.717) is 5.52 Å². The molecule has 4 rings (SSSR count). The Hall–Kier alpha value is -3.41. The molecule has 0 bridgehead atoms. The Labute approximate surface area is 143 Å². The first-order valence-corrected chi connectivity index (χ1v) is 7.76. The molecule has 0 saturated heterocycles. The van der Waals surface area contributed by atoms with Gasteiger partial charge in [-0.25, -0.2) is 4.79 Å². The summed E-state index contributed by atoms with van der Waals surface area (Å²) < 4.78 is 6.93. The Bertz CT molecular complexity index is 1020. The van der Waals surface area contributed by atoms with Crippen LogP contribution in [0.4, 0.5) is 0 Å². The van der Waals surface area contributed by atoms with E-state index >= 15 is 0 Å². The Morgan fingerprint density at radius 2 is 1.64 bits per heavy atom. The number of rotatable bonds is 3. The molecule has 0 radical (unpaired) electrons. The molecule has 124 valence electrons.